The highest BCUT2D eigenvalue weighted by Gasteiger charge is 2.20. The van der Waals surface area contributed by atoms with Gasteiger partial charge in [-0.2, -0.15) is 0 Å². The minimum atomic E-state index is -0.00624. The van der Waals surface area contributed by atoms with Gasteiger partial charge in [-0.1, -0.05) is 42.5 Å². The molecular weight excluding hydrogens is 282 g/mol. The molecule has 3 heteroatoms. The van der Waals surface area contributed by atoms with Crippen LogP contribution in [0, 0.1) is 0 Å². The zero-order valence-corrected chi connectivity index (χ0v) is 12.9. The lowest BCUT2D eigenvalue weighted by atomic mass is 9.97. The Labute approximate surface area is 131 Å². The quantitative estimate of drug-likeness (QED) is 0.826. The molecule has 1 aliphatic rings. The van der Waals surface area contributed by atoms with Gasteiger partial charge in [-0.15, -0.1) is 11.6 Å². The minimum absolute atomic E-state index is 0.00624. The van der Waals surface area contributed by atoms with Gasteiger partial charge < -0.3 is 10.1 Å². The van der Waals surface area contributed by atoms with Gasteiger partial charge in [0.2, 0.25) is 0 Å². The van der Waals surface area contributed by atoms with Crippen LogP contribution in [0.2, 0.25) is 0 Å². The fourth-order valence-electron chi connectivity index (χ4n) is 2.85. The van der Waals surface area contributed by atoms with E-state index in [4.69, 9.17) is 16.3 Å². The average molecular weight is 302 g/mol. The third kappa shape index (κ3) is 3.22. The zero-order valence-electron chi connectivity index (χ0n) is 12.2. The van der Waals surface area contributed by atoms with Crippen molar-refractivity contribution in [3.8, 4) is 0 Å². The summed E-state index contributed by atoms with van der Waals surface area (Å²) in [6.07, 6.45) is 1.11. The van der Waals surface area contributed by atoms with E-state index in [1.807, 2.05) is 19.1 Å². The Morgan fingerprint density at radius 2 is 1.95 bits per heavy atom. The molecule has 0 saturated heterocycles. The summed E-state index contributed by atoms with van der Waals surface area (Å²) >= 11 is 6.24. The molecule has 1 aliphatic heterocycles. The Morgan fingerprint density at radius 3 is 2.81 bits per heavy atom. The van der Waals surface area contributed by atoms with E-state index >= 15 is 0 Å². The fraction of sp³-hybridized carbons (Fsp3) is 0.333. The maximum absolute atomic E-state index is 6.24. The van der Waals surface area contributed by atoms with Crippen LogP contribution < -0.4 is 5.32 Å². The predicted molar refractivity (Wildman–Crippen MR) is 88.0 cm³/mol. The first-order chi connectivity index (χ1) is 10.3. The molecule has 1 N–H and O–H groups in total. The van der Waals surface area contributed by atoms with Crippen LogP contribution in [0.1, 0.15) is 35.1 Å². The molecule has 2 aromatic carbocycles. The molecule has 0 saturated carbocycles. The molecule has 2 atom stereocenters. The van der Waals surface area contributed by atoms with E-state index in [9.17, 15) is 0 Å². The normalized spacial score (nSPS) is 18.9. The highest BCUT2D eigenvalue weighted by atomic mass is 35.5. The van der Waals surface area contributed by atoms with Gasteiger partial charge in [-0.05, 0) is 36.1 Å². The van der Waals surface area contributed by atoms with Gasteiger partial charge in [0, 0.05) is 12.2 Å². The monoisotopic (exact) mass is 301 g/mol. The summed E-state index contributed by atoms with van der Waals surface area (Å²) in [5, 5.41) is 3.49. The van der Waals surface area contributed by atoms with E-state index in [-0.39, 0.29) is 11.5 Å². The Morgan fingerprint density at radius 1 is 1.19 bits per heavy atom. The lowest BCUT2D eigenvalue weighted by Crippen LogP contribution is -2.23. The maximum Gasteiger partial charge on any atom is 0.0999 e. The predicted octanol–water partition coefficient (Wildman–Crippen LogP) is 4.71. The third-order valence-electron chi connectivity index (χ3n) is 3.96. The fourth-order valence-corrected chi connectivity index (χ4v) is 3.04. The second kappa shape index (κ2) is 6.50. The molecule has 0 aromatic heterocycles. The Kier molecular flexibility index (Phi) is 4.47. The first-order valence-electron chi connectivity index (χ1n) is 7.42. The maximum atomic E-state index is 6.24. The number of nitrogens with one attached hydrogen (secondary N) is 1. The van der Waals surface area contributed by atoms with Gasteiger partial charge in [-0.25, -0.2) is 0 Å². The molecule has 2 unspecified atom stereocenters. The second-order valence-electron chi connectivity index (χ2n) is 5.39. The number of ether oxygens (including phenoxy) is 1. The third-order valence-corrected chi connectivity index (χ3v) is 4.19. The first kappa shape index (κ1) is 14.4. The van der Waals surface area contributed by atoms with Crippen molar-refractivity contribution in [1.29, 1.82) is 0 Å². The van der Waals surface area contributed by atoms with E-state index in [0.29, 0.717) is 0 Å². The largest absolute Gasteiger partial charge is 0.382 e. The average Bonchev–Trinajstić information content (AvgIpc) is 2.53. The van der Waals surface area contributed by atoms with Gasteiger partial charge in [0.1, 0.15) is 0 Å². The van der Waals surface area contributed by atoms with Crippen LogP contribution in [0.5, 0.6) is 0 Å². The number of para-hydroxylation sites is 1. The zero-order chi connectivity index (χ0) is 14.7. The van der Waals surface area contributed by atoms with Crippen LogP contribution in [0.4, 0.5) is 5.69 Å². The molecule has 2 nitrogen and oxygen atoms in total. The Balaban J connectivity index is 1.75. The highest BCUT2D eigenvalue weighted by molar-refractivity contribution is 6.21. The number of alkyl halides is 1. The number of benzene rings is 2. The molecule has 0 spiro atoms. The van der Waals surface area contributed by atoms with E-state index in [0.717, 1.165) is 30.8 Å². The second-order valence-corrected chi connectivity index (χ2v) is 6.05. The molecule has 2 aromatic rings. The number of rotatable bonds is 4. The van der Waals surface area contributed by atoms with Crippen LogP contribution in [-0.4, -0.2) is 13.2 Å². The van der Waals surface area contributed by atoms with E-state index < -0.39 is 0 Å². The highest BCUT2D eigenvalue weighted by Crippen LogP contribution is 2.30. The molecule has 110 valence electrons. The van der Waals surface area contributed by atoms with Gasteiger partial charge in [0.05, 0.1) is 18.1 Å². The van der Waals surface area contributed by atoms with Crippen LogP contribution in [0.3, 0.4) is 0 Å². The summed E-state index contributed by atoms with van der Waals surface area (Å²) in [5.74, 6) is 0. The molecular formula is C18H20ClNO. The number of anilines is 1. The van der Waals surface area contributed by atoms with Crippen molar-refractivity contribution in [2.45, 2.75) is 24.8 Å². The van der Waals surface area contributed by atoms with Crippen molar-refractivity contribution in [3.05, 3.63) is 65.2 Å². The van der Waals surface area contributed by atoms with Crippen LogP contribution >= 0.6 is 11.6 Å². The van der Waals surface area contributed by atoms with E-state index in [2.05, 4.69) is 41.7 Å². The topological polar surface area (TPSA) is 21.3 Å². The molecule has 0 fully saturated rings. The van der Waals surface area contributed by atoms with Crippen LogP contribution in [0.25, 0.3) is 0 Å². The van der Waals surface area contributed by atoms with Gasteiger partial charge in [0.25, 0.3) is 0 Å². The van der Waals surface area contributed by atoms with E-state index in [1.165, 1.54) is 11.1 Å². The van der Waals surface area contributed by atoms with Gasteiger partial charge in [-0.3, -0.25) is 0 Å². The molecule has 0 aliphatic carbocycles. The Hall–Kier alpha value is -1.51. The van der Waals surface area contributed by atoms with Crippen LogP contribution in [0.15, 0.2) is 48.5 Å². The minimum Gasteiger partial charge on any atom is -0.382 e. The van der Waals surface area contributed by atoms with Crippen molar-refractivity contribution in [1.82, 2.24) is 0 Å². The number of halogens is 1. The molecule has 0 bridgehead atoms. The van der Waals surface area contributed by atoms with E-state index in [1.54, 1.807) is 0 Å². The molecule has 21 heavy (non-hydrogen) atoms. The number of hydrogen-bond acceptors (Lipinski definition) is 2. The Bertz CT molecular complexity index is 612. The summed E-state index contributed by atoms with van der Waals surface area (Å²) in [7, 11) is 0. The molecule has 1 heterocycles. The molecule has 3 rings (SSSR count). The lowest BCUT2D eigenvalue weighted by Gasteiger charge is -2.27. The summed E-state index contributed by atoms with van der Waals surface area (Å²) < 4.78 is 5.93. The van der Waals surface area contributed by atoms with Crippen molar-refractivity contribution in [2.24, 2.45) is 0 Å². The SMILES string of the molecule is CC(Cl)c1ccccc1NCC1OCCc2ccccc21. The summed E-state index contributed by atoms with van der Waals surface area (Å²) in [4.78, 5) is 0. The lowest BCUT2D eigenvalue weighted by molar-refractivity contribution is 0.0513. The van der Waals surface area contributed by atoms with Crippen LogP contribution in [-0.2, 0) is 11.2 Å². The standard InChI is InChI=1S/C18H20ClNO/c1-13(19)15-7-4-5-9-17(15)20-12-18-16-8-3-2-6-14(16)10-11-21-18/h2-9,13,18,20H,10-12H2,1H3. The smallest absolute Gasteiger partial charge is 0.0999 e. The van der Waals surface area contributed by atoms with Crippen molar-refractivity contribution in [3.63, 3.8) is 0 Å². The molecule has 0 amide bonds. The number of fused-ring (bicyclic) bond motifs is 1. The van der Waals surface area contributed by atoms with Crippen molar-refractivity contribution < 1.29 is 4.74 Å². The van der Waals surface area contributed by atoms with Gasteiger partial charge >= 0.3 is 0 Å². The van der Waals surface area contributed by atoms with Gasteiger partial charge in [0.15, 0.2) is 0 Å². The number of hydrogen-bond donors (Lipinski definition) is 1. The summed E-state index contributed by atoms with van der Waals surface area (Å²) in [6, 6.07) is 16.7. The molecule has 0 radical (unpaired) electrons. The summed E-state index contributed by atoms with van der Waals surface area (Å²) in [5.41, 5.74) is 4.91. The van der Waals surface area contributed by atoms with Crippen molar-refractivity contribution >= 4 is 17.3 Å². The summed E-state index contributed by atoms with van der Waals surface area (Å²) in [6.45, 7) is 3.54. The van der Waals surface area contributed by atoms with Crippen molar-refractivity contribution in [2.75, 3.05) is 18.5 Å². The first-order valence-corrected chi connectivity index (χ1v) is 7.85.